The van der Waals surface area contributed by atoms with Crippen LogP contribution in [0.3, 0.4) is 0 Å². The second-order valence-corrected chi connectivity index (χ2v) is 5.47. The monoisotopic (exact) mass is 282 g/mol. The molecule has 1 aromatic carbocycles. The number of benzene rings is 1. The van der Waals surface area contributed by atoms with E-state index in [4.69, 9.17) is 5.11 Å². The number of carbonyl (C=O) groups is 1. The van der Waals surface area contributed by atoms with Gasteiger partial charge in [0.1, 0.15) is 0 Å². The van der Waals surface area contributed by atoms with Crippen LogP contribution in [-0.2, 0) is 13.1 Å². The smallest absolute Gasteiger partial charge is 0.337 e. The molecule has 4 nitrogen and oxygen atoms in total. The number of nitrogens with zero attached hydrogens (tertiary/aromatic N) is 1. The third-order valence-electron chi connectivity index (χ3n) is 3.71. The second-order valence-electron chi connectivity index (χ2n) is 5.47. The summed E-state index contributed by atoms with van der Waals surface area (Å²) in [6.45, 7) is 1.43. The molecule has 4 heteroatoms. The molecule has 21 heavy (non-hydrogen) atoms. The van der Waals surface area contributed by atoms with Gasteiger partial charge in [-0.15, -0.1) is 0 Å². The minimum atomic E-state index is -0.945. The van der Waals surface area contributed by atoms with E-state index in [9.17, 15) is 4.79 Å². The highest BCUT2D eigenvalue weighted by Crippen LogP contribution is 2.40. The Balaban J connectivity index is 1.53. The first-order valence-corrected chi connectivity index (χ1v) is 7.20. The second kappa shape index (κ2) is 6.06. The van der Waals surface area contributed by atoms with Gasteiger partial charge < -0.3 is 10.4 Å². The van der Waals surface area contributed by atoms with Gasteiger partial charge in [0.2, 0.25) is 0 Å². The Labute approximate surface area is 123 Å². The van der Waals surface area contributed by atoms with E-state index >= 15 is 0 Å². The van der Waals surface area contributed by atoms with Crippen molar-refractivity contribution in [1.29, 1.82) is 0 Å². The molecule has 1 aliphatic carbocycles. The summed E-state index contributed by atoms with van der Waals surface area (Å²) in [5.74, 6) is -0.172. The van der Waals surface area contributed by atoms with E-state index in [-0.39, 0.29) is 5.56 Å². The Morgan fingerprint density at radius 2 is 2.10 bits per heavy atom. The molecule has 0 unspecified atom stereocenters. The summed E-state index contributed by atoms with van der Waals surface area (Å²) in [7, 11) is 0. The summed E-state index contributed by atoms with van der Waals surface area (Å²) in [5, 5.41) is 12.2. The molecule has 1 aromatic heterocycles. The van der Waals surface area contributed by atoms with E-state index in [1.54, 1.807) is 12.1 Å². The molecule has 0 atom stereocenters. The lowest BCUT2D eigenvalue weighted by Crippen LogP contribution is -2.14. The van der Waals surface area contributed by atoms with Crippen LogP contribution in [0.5, 0.6) is 0 Å². The maximum absolute atomic E-state index is 10.7. The third-order valence-corrected chi connectivity index (χ3v) is 3.71. The van der Waals surface area contributed by atoms with Crippen molar-refractivity contribution >= 4 is 5.97 Å². The molecule has 0 saturated heterocycles. The number of hydrogen-bond acceptors (Lipinski definition) is 3. The van der Waals surface area contributed by atoms with Gasteiger partial charge in [0.25, 0.3) is 0 Å². The number of nitrogens with one attached hydrogen (secondary N) is 1. The van der Waals surface area contributed by atoms with Gasteiger partial charge in [-0.05, 0) is 42.0 Å². The average Bonchev–Trinajstić information content (AvgIpc) is 3.33. The zero-order valence-electron chi connectivity index (χ0n) is 11.7. The minimum Gasteiger partial charge on any atom is -0.478 e. The van der Waals surface area contributed by atoms with Gasteiger partial charge in [-0.3, -0.25) is 4.98 Å². The number of pyridine rings is 1. The molecule has 0 radical (unpaired) electrons. The molecule has 2 N–H and O–H groups in total. The number of aromatic carboxylic acids is 1. The molecule has 0 spiro atoms. The summed E-state index contributed by atoms with van der Waals surface area (Å²) in [5.41, 5.74) is 3.79. The predicted molar refractivity (Wildman–Crippen MR) is 80.2 cm³/mol. The van der Waals surface area contributed by atoms with E-state index in [0.29, 0.717) is 6.54 Å². The number of hydrogen-bond donors (Lipinski definition) is 2. The largest absolute Gasteiger partial charge is 0.478 e. The Morgan fingerprint density at radius 1 is 1.24 bits per heavy atom. The molecule has 1 aliphatic rings. The molecule has 1 fully saturated rings. The van der Waals surface area contributed by atoms with Crippen molar-refractivity contribution in [2.75, 3.05) is 0 Å². The number of aromatic nitrogens is 1. The summed E-state index contributed by atoms with van der Waals surface area (Å²) in [6.07, 6.45) is 4.03. The number of carboxylic acid groups (broad SMARTS) is 1. The Kier molecular flexibility index (Phi) is 3.97. The molecule has 1 saturated carbocycles. The van der Waals surface area contributed by atoms with Crippen LogP contribution in [0.2, 0.25) is 0 Å². The summed E-state index contributed by atoms with van der Waals surface area (Å²) < 4.78 is 0. The zero-order chi connectivity index (χ0) is 14.7. The lowest BCUT2D eigenvalue weighted by molar-refractivity contribution is 0.0696. The lowest BCUT2D eigenvalue weighted by Gasteiger charge is -2.07. The molecular formula is C17H18N2O2. The fourth-order valence-corrected chi connectivity index (χ4v) is 2.36. The number of carboxylic acids is 1. The first-order chi connectivity index (χ1) is 10.2. The van der Waals surface area contributed by atoms with Crippen molar-refractivity contribution in [3.05, 3.63) is 65.0 Å². The van der Waals surface area contributed by atoms with Crippen molar-refractivity contribution in [3.8, 4) is 0 Å². The van der Waals surface area contributed by atoms with Crippen LogP contribution < -0.4 is 5.32 Å². The Bertz CT molecular complexity index is 633. The Morgan fingerprint density at radius 3 is 2.76 bits per heavy atom. The lowest BCUT2D eigenvalue weighted by atomic mass is 10.1. The van der Waals surface area contributed by atoms with Crippen molar-refractivity contribution in [2.45, 2.75) is 31.8 Å². The molecule has 0 bridgehead atoms. The fraction of sp³-hybridized carbons (Fsp3) is 0.294. The van der Waals surface area contributed by atoms with Crippen LogP contribution in [0, 0.1) is 0 Å². The molecular weight excluding hydrogens is 264 g/mol. The van der Waals surface area contributed by atoms with Crippen LogP contribution in [-0.4, -0.2) is 16.1 Å². The molecule has 1 heterocycles. The van der Waals surface area contributed by atoms with Crippen molar-refractivity contribution in [1.82, 2.24) is 10.3 Å². The maximum Gasteiger partial charge on any atom is 0.337 e. The summed E-state index contributed by atoms with van der Waals surface area (Å²) >= 11 is 0. The SMILES string of the molecule is O=C(O)c1ccc(CNCc2cccc(C3CC3)c2)nc1. The van der Waals surface area contributed by atoms with Gasteiger partial charge in [0.05, 0.1) is 11.3 Å². The predicted octanol–water partition coefficient (Wildman–Crippen LogP) is 2.95. The van der Waals surface area contributed by atoms with E-state index in [1.807, 2.05) is 0 Å². The van der Waals surface area contributed by atoms with Gasteiger partial charge in [0, 0.05) is 19.3 Å². The first kappa shape index (κ1) is 13.8. The van der Waals surface area contributed by atoms with Crippen LogP contribution in [0.15, 0.2) is 42.6 Å². The van der Waals surface area contributed by atoms with Gasteiger partial charge in [-0.25, -0.2) is 4.79 Å². The number of rotatable bonds is 6. The van der Waals surface area contributed by atoms with Crippen LogP contribution in [0.4, 0.5) is 0 Å². The molecule has 0 aliphatic heterocycles. The van der Waals surface area contributed by atoms with Crippen molar-refractivity contribution in [2.24, 2.45) is 0 Å². The Hall–Kier alpha value is -2.20. The van der Waals surface area contributed by atoms with Gasteiger partial charge in [-0.2, -0.15) is 0 Å². The molecule has 0 amide bonds. The standard InChI is InChI=1S/C17H18N2O2/c20-17(21)15-6-7-16(19-10-15)11-18-9-12-2-1-3-14(8-12)13-4-5-13/h1-3,6-8,10,13,18H,4-5,9,11H2,(H,20,21). The minimum absolute atomic E-state index is 0.218. The summed E-state index contributed by atoms with van der Waals surface area (Å²) in [6, 6.07) is 12.0. The maximum atomic E-state index is 10.7. The van der Waals surface area contributed by atoms with Gasteiger partial charge in [0.15, 0.2) is 0 Å². The third kappa shape index (κ3) is 3.67. The highest BCUT2D eigenvalue weighted by atomic mass is 16.4. The van der Waals surface area contributed by atoms with E-state index in [1.165, 1.54) is 30.2 Å². The quantitative estimate of drug-likeness (QED) is 0.855. The molecule has 3 rings (SSSR count). The van der Waals surface area contributed by atoms with E-state index in [0.717, 1.165) is 18.2 Å². The summed E-state index contributed by atoms with van der Waals surface area (Å²) in [4.78, 5) is 14.9. The van der Waals surface area contributed by atoms with Gasteiger partial charge in [-0.1, -0.05) is 24.3 Å². The molecule has 108 valence electrons. The van der Waals surface area contributed by atoms with Crippen LogP contribution in [0.25, 0.3) is 0 Å². The van der Waals surface area contributed by atoms with Crippen molar-refractivity contribution in [3.63, 3.8) is 0 Å². The normalized spacial score (nSPS) is 14.1. The first-order valence-electron chi connectivity index (χ1n) is 7.20. The van der Waals surface area contributed by atoms with Crippen LogP contribution >= 0.6 is 0 Å². The highest BCUT2D eigenvalue weighted by Gasteiger charge is 2.23. The molecule has 2 aromatic rings. The average molecular weight is 282 g/mol. The van der Waals surface area contributed by atoms with Gasteiger partial charge >= 0.3 is 5.97 Å². The van der Waals surface area contributed by atoms with E-state index in [2.05, 4.69) is 34.6 Å². The van der Waals surface area contributed by atoms with Crippen LogP contribution in [0.1, 0.15) is 45.9 Å². The van der Waals surface area contributed by atoms with Crippen molar-refractivity contribution < 1.29 is 9.90 Å². The zero-order valence-corrected chi connectivity index (χ0v) is 11.7. The van der Waals surface area contributed by atoms with E-state index < -0.39 is 5.97 Å². The topological polar surface area (TPSA) is 62.2 Å². The highest BCUT2D eigenvalue weighted by molar-refractivity contribution is 5.87. The fourth-order valence-electron chi connectivity index (χ4n) is 2.36.